The summed E-state index contributed by atoms with van der Waals surface area (Å²) in [6.45, 7) is 4.19. The van der Waals surface area contributed by atoms with Crippen LogP contribution >= 0.6 is 0 Å². The molecule has 0 spiro atoms. The van der Waals surface area contributed by atoms with Gasteiger partial charge in [0.1, 0.15) is 5.82 Å². The quantitative estimate of drug-likeness (QED) is 0.738. The van der Waals surface area contributed by atoms with E-state index >= 15 is 0 Å². The number of fused-ring (bicyclic) bond motifs is 2. The van der Waals surface area contributed by atoms with Crippen LogP contribution < -0.4 is 9.47 Å². The normalized spacial score (nSPS) is 16.5. The average molecular weight is 395 g/mol. The molecule has 1 saturated heterocycles. The summed E-state index contributed by atoms with van der Waals surface area (Å²) in [5, 5.41) is 0.904. The second-order valence-corrected chi connectivity index (χ2v) is 7.53. The number of carbonyl (C=O) groups is 1. The van der Waals surface area contributed by atoms with Crippen LogP contribution in [0.2, 0.25) is 0 Å². The van der Waals surface area contributed by atoms with Crippen LogP contribution in [0.25, 0.3) is 10.9 Å². The Morgan fingerprint density at radius 3 is 2.72 bits per heavy atom. The van der Waals surface area contributed by atoms with Gasteiger partial charge in [-0.3, -0.25) is 9.69 Å². The van der Waals surface area contributed by atoms with Gasteiger partial charge in [0.25, 0.3) is 0 Å². The lowest BCUT2D eigenvalue weighted by Crippen LogP contribution is -2.48. The molecule has 0 saturated carbocycles. The number of nitrogens with zero attached hydrogens (tertiary/aromatic N) is 2. The van der Waals surface area contributed by atoms with Crippen LogP contribution in [-0.2, 0) is 17.8 Å². The number of aromatic nitrogens is 1. The minimum Gasteiger partial charge on any atom is -0.454 e. The standard InChI is InChI=1S/C22H22FN3O3/c23-17-2-3-18-16(12-24-19(18)11-17)10-22(27)26-7-5-25(6-8-26)13-15-1-4-20-21(9-15)29-14-28-20/h1-4,9,11-12,24H,5-8,10,13-14H2. The highest BCUT2D eigenvalue weighted by molar-refractivity contribution is 5.89. The third kappa shape index (κ3) is 3.65. The van der Waals surface area contributed by atoms with Crippen molar-refractivity contribution < 1.29 is 18.7 Å². The number of hydrogen-bond acceptors (Lipinski definition) is 4. The number of rotatable bonds is 4. The number of halogens is 1. The fourth-order valence-electron chi connectivity index (χ4n) is 4.03. The molecule has 0 unspecified atom stereocenters. The summed E-state index contributed by atoms with van der Waals surface area (Å²) in [6, 6.07) is 10.7. The fraction of sp³-hybridized carbons (Fsp3) is 0.318. The molecule has 0 bridgehead atoms. The molecule has 1 aromatic heterocycles. The average Bonchev–Trinajstić information content (AvgIpc) is 3.35. The zero-order chi connectivity index (χ0) is 19.8. The molecule has 3 heterocycles. The lowest BCUT2D eigenvalue weighted by Gasteiger charge is -2.34. The van der Waals surface area contributed by atoms with E-state index in [0.29, 0.717) is 19.5 Å². The van der Waals surface area contributed by atoms with Crippen LogP contribution in [0.1, 0.15) is 11.1 Å². The zero-order valence-corrected chi connectivity index (χ0v) is 16.0. The Bertz CT molecular complexity index is 1060. The van der Waals surface area contributed by atoms with Crippen molar-refractivity contribution in [2.24, 2.45) is 0 Å². The summed E-state index contributed by atoms with van der Waals surface area (Å²) in [4.78, 5) is 20.1. The van der Waals surface area contributed by atoms with E-state index in [1.165, 1.54) is 17.7 Å². The van der Waals surface area contributed by atoms with Crippen molar-refractivity contribution in [3.63, 3.8) is 0 Å². The first kappa shape index (κ1) is 18.0. The molecule has 1 fully saturated rings. The SMILES string of the molecule is O=C(Cc1c[nH]c2cc(F)ccc12)N1CCN(Cc2ccc3c(c2)OCO3)CC1. The maximum atomic E-state index is 13.3. The molecule has 29 heavy (non-hydrogen) atoms. The summed E-state index contributed by atoms with van der Waals surface area (Å²) in [7, 11) is 0. The molecular weight excluding hydrogens is 373 g/mol. The summed E-state index contributed by atoms with van der Waals surface area (Å²) < 4.78 is 24.1. The maximum Gasteiger partial charge on any atom is 0.231 e. The lowest BCUT2D eigenvalue weighted by atomic mass is 10.1. The Kier molecular flexibility index (Phi) is 4.60. The largest absolute Gasteiger partial charge is 0.454 e. The van der Waals surface area contributed by atoms with Crippen molar-refractivity contribution in [3.05, 3.63) is 59.5 Å². The van der Waals surface area contributed by atoms with E-state index in [2.05, 4.69) is 16.0 Å². The molecule has 6 nitrogen and oxygen atoms in total. The van der Waals surface area contributed by atoms with Crippen LogP contribution in [0.5, 0.6) is 11.5 Å². The first-order chi connectivity index (χ1) is 14.2. The zero-order valence-electron chi connectivity index (χ0n) is 16.0. The van der Waals surface area contributed by atoms with Crippen LogP contribution in [0, 0.1) is 5.82 Å². The first-order valence-corrected chi connectivity index (χ1v) is 9.80. The van der Waals surface area contributed by atoms with Crippen LogP contribution in [0.3, 0.4) is 0 Å². The van der Waals surface area contributed by atoms with Crippen molar-refractivity contribution in [2.45, 2.75) is 13.0 Å². The van der Waals surface area contributed by atoms with Crippen LogP contribution in [0.15, 0.2) is 42.6 Å². The van der Waals surface area contributed by atoms with Gasteiger partial charge in [-0.2, -0.15) is 0 Å². The minimum atomic E-state index is -0.282. The number of benzene rings is 2. The van der Waals surface area contributed by atoms with Crippen molar-refractivity contribution in [3.8, 4) is 11.5 Å². The molecule has 2 aliphatic rings. The fourth-order valence-corrected chi connectivity index (χ4v) is 4.03. The first-order valence-electron chi connectivity index (χ1n) is 9.80. The van der Waals surface area contributed by atoms with Crippen molar-refractivity contribution in [2.75, 3.05) is 33.0 Å². The molecule has 0 radical (unpaired) electrons. The molecule has 3 aromatic rings. The third-order valence-corrected chi connectivity index (χ3v) is 5.64. The maximum absolute atomic E-state index is 13.3. The molecule has 2 aliphatic heterocycles. The van der Waals surface area contributed by atoms with Gasteiger partial charge in [0.05, 0.1) is 6.42 Å². The summed E-state index contributed by atoms with van der Waals surface area (Å²) in [5.74, 6) is 1.42. The van der Waals surface area contributed by atoms with Gasteiger partial charge in [-0.25, -0.2) is 4.39 Å². The molecule has 1 amide bonds. The second-order valence-electron chi connectivity index (χ2n) is 7.53. The van der Waals surface area contributed by atoms with Crippen molar-refractivity contribution >= 4 is 16.8 Å². The number of piperazine rings is 1. The van der Waals surface area contributed by atoms with Crippen LogP contribution in [-0.4, -0.2) is 53.7 Å². The summed E-state index contributed by atoms with van der Waals surface area (Å²) in [6.07, 6.45) is 2.13. The number of aromatic amines is 1. The Balaban J connectivity index is 1.17. The molecule has 150 valence electrons. The highest BCUT2D eigenvalue weighted by atomic mass is 19.1. The van der Waals surface area contributed by atoms with Gasteiger partial charge in [-0.05, 0) is 41.5 Å². The van der Waals surface area contributed by atoms with Gasteiger partial charge < -0.3 is 19.4 Å². The molecule has 1 N–H and O–H groups in total. The topological polar surface area (TPSA) is 57.8 Å². The van der Waals surface area contributed by atoms with Gasteiger partial charge in [0.15, 0.2) is 11.5 Å². The van der Waals surface area contributed by atoms with Crippen LogP contribution in [0.4, 0.5) is 4.39 Å². The smallest absolute Gasteiger partial charge is 0.231 e. The highest BCUT2D eigenvalue weighted by Gasteiger charge is 2.23. The van der Waals surface area contributed by atoms with Crippen molar-refractivity contribution in [1.82, 2.24) is 14.8 Å². The van der Waals surface area contributed by atoms with Gasteiger partial charge in [0, 0.05) is 49.8 Å². The van der Waals surface area contributed by atoms with E-state index in [4.69, 9.17) is 9.47 Å². The number of amides is 1. The predicted octanol–water partition coefficient (Wildman–Crippen LogP) is 2.92. The van der Waals surface area contributed by atoms with Gasteiger partial charge >= 0.3 is 0 Å². The molecule has 0 atom stereocenters. The number of hydrogen-bond donors (Lipinski definition) is 1. The Morgan fingerprint density at radius 1 is 1.03 bits per heavy atom. The van der Waals surface area contributed by atoms with Crippen molar-refractivity contribution in [1.29, 1.82) is 0 Å². The van der Waals surface area contributed by atoms with E-state index in [9.17, 15) is 9.18 Å². The van der Waals surface area contributed by atoms with E-state index in [1.807, 2.05) is 17.0 Å². The Morgan fingerprint density at radius 2 is 1.86 bits per heavy atom. The van der Waals surface area contributed by atoms with E-state index in [1.54, 1.807) is 12.3 Å². The summed E-state index contributed by atoms with van der Waals surface area (Å²) in [5.41, 5.74) is 2.81. The molecule has 7 heteroatoms. The third-order valence-electron chi connectivity index (χ3n) is 5.64. The number of carbonyl (C=O) groups excluding carboxylic acids is 1. The molecular formula is C22H22FN3O3. The minimum absolute atomic E-state index is 0.109. The molecule has 5 rings (SSSR count). The number of H-pyrrole nitrogens is 1. The van der Waals surface area contributed by atoms with E-state index < -0.39 is 0 Å². The Hall–Kier alpha value is -3.06. The predicted molar refractivity (Wildman–Crippen MR) is 106 cm³/mol. The van der Waals surface area contributed by atoms with Gasteiger partial charge in [-0.1, -0.05) is 6.07 Å². The Labute approximate surface area is 167 Å². The monoisotopic (exact) mass is 395 g/mol. The number of ether oxygens (including phenoxy) is 2. The van der Waals surface area contributed by atoms with E-state index in [0.717, 1.165) is 47.6 Å². The van der Waals surface area contributed by atoms with Gasteiger partial charge in [-0.15, -0.1) is 0 Å². The van der Waals surface area contributed by atoms with Gasteiger partial charge in [0.2, 0.25) is 12.7 Å². The number of nitrogens with one attached hydrogen (secondary N) is 1. The summed E-state index contributed by atoms with van der Waals surface area (Å²) >= 11 is 0. The lowest BCUT2D eigenvalue weighted by molar-refractivity contribution is -0.132. The highest BCUT2D eigenvalue weighted by Crippen LogP contribution is 2.32. The second kappa shape index (κ2) is 7.40. The molecule has 0 aliphatic carbocycles. The van der Waals surface area contributed by atoms with E-state index in [-0.39, 0.29) is 18.5 Å². The molecule has 2 aromatic carbocycles.